The molecular weight excluding hydrogens is 368 g/mol. The molecule has 2 heterocycles. The third kappa shape index (κ3) is 4.82. The molecule has 8 heteroatoms. The number of hydrogen-bond acceptors (Lipinski definition) is 7. The first-order valence-corrected chi connectivity index (χ1v) is 10.4. The fourth-order valence-corrected chi connectivity index (χ4v) is 4.27. The monoisotopic (exact) mass is 396 g/mol. The number of rotatable bonds is 5. The van der Waals surface area contributed by atoms with Crippen molar-refractivity contribution >= 4 is 17.7 Å². The first-order chi connectivity index (χ1) is 14.1. The lowest BCUT2D eigenvalue weighted by Gasteiger charge is -2.25. The maximum atomic E-state index is 11.9. The van der Waals surface area contributed by atoms with Gasteiger partial charge in [-0.05, 0) is 50.2 Å². The summed E-state index contributed by atoms with van der Waals surface area (Å²) < 4.78 is 0. The van der Waals surface area contributed by atoms with E-state index in [2.05, 4.69) is 31.7 Å². The lowest BCUT2D eigenvalue weighted by Crippen LogP contribution is -2.30. The van der Waals surface area contributed by atoms with E-state index in [-0.39, 0.29) is 23.8 Å². The minimum atomic E-state index is -0.564. The average molecular weight is 396 g/mol. The van der Waals surface area contributed by atoms with E-state index in [0.717, 1.165) is 50.6 Å². The van der Waals surface area contributed by atoms with Crippen LogP contribution in [0.25, 0.3) is 0 Å². The van der Waals surface area contributed by atoms with Gasteiger partial charge in [0.15, 0.2) is 0 Å². The number of aliphatic hydroxyl groups is 1. The summed E-state index contributed by atoms with van der Waals surface area (Å²) in [5, 5.41) is 16.8. The zero-order valence-corrected chi connectivity index (χ0v) is 16.5. The molecule has 0 aromatic carbocycles. The summed E-state index contributed by atoms with van der Waals surface area (Å²) in [4.78, 5) is 25.2. The second-order valence-electron chi connectivity index (χ2n) is 8.03. The van der Waals surface area contributed by atoms with Crippen LogP contribution in [0, 0.1) is 0 Å². The molecule has 0 bridgehead atoms. The zero-order chi connectivity index (χ0) is 20.2. The van der Waals surface area contributed by atoms with Gasteiger partial charge in [-0.25, -0.2) is 4.98 Å². The normalized spacial score (nSPS) is 24.2. The third-order valence-electron chi connectivity index (χ3n) is 5.81. The van der Waals surface area contributed by atoms with E-state index < -0.39 is 5.91 Å². The van der Waals surface area contributed by atoms with Gasteiger partial charge in [-0.2, -0.15) is 4.98 Å². The highest BCUT2D eigenvalue weighted by atomic mass is 16.3. The highest BCUT2D eigenvalue weighted by molar-refractivity contribution is 5.97. The van der Waals surface area contributed by atoms with E-state index in [1.54, 1.807) is 0 Å². The van der Waals surface area contributed by atoms with Crippen molar-refractivity contribution in [3.8, 4) is 0 Å². The molecule has 2 aliphatic carbocycles. The minimum Gasteiger partial charge on any atom is -0.393 e. The van der Waals surface area contributed by atoms with Gasteiger partial charge in [-0.1, -0.05) is 18.9 Å². The van der Waals surface area contributed by atoms with E-state index in [1.807, 2.05) is 12.3 Å². The number of carbonyl (C=O) groups is 1. The molecule has 1 fully saturated rings. The Morgan fingerprint density at radius 2 is 2.00 bits per heavy atom. The fourth-order valence-electron chi connectivity index (χ4n) is 4.27. The van der Waals surface area contributed by atoms with Crippen molar-refractivity contribution in [2.45, 2.75) is 69.6 Å². The molecule has 2 aromatic rings. The molecule has 1 saturated carbocycles. The van der Waals surface area contributed by atoms with Crippen LogP contribution in [0.5, 0.6) is 0 Å². The summed E-state index contributed by atoms with van der Waals surface area (Å²) in [6.45, 7) is 0. The van der Waals surface area contributed by atoms with Crippen molar-refractivity contribution in [2.75, 3.05) is 10.6 Å². The molecule has 4 rings (SSSR count). The SMILES string of the molecule is NC(=O)c1cnc(N[C@H]2CCc3ncccc3C2)nc1N[C@@H]1CCCCC(O)C1. The summed E-state index contributed by atoms with van der Waals surface area (Å²) in [7, 11) is 0. The fraction of sp³-hybridized carbons (Fsp3) is 0.524. The van der Waals surface area contributed by atoms with E-state index in [9.17, 15) is 9.90 Å². The van der Waals surface area contributed by atoms with Crippen LogP contribution in [-0.4, -0.2) is 44.2 Å². The molecular formula is C21H28N6O2. The number of amides is 1. The van der Waals surface area contributed by atoms with Gasteiger partial charge in [-0.15, -0.1) is 0 Å². The molecule has 0 aliphatic heterocycles. The quantitative estimate of drug-likeness (QED) is 0.570. The zero-order valence-electron chi connectivity index (χ0n) is 16.5. The molecule has 0 saturated heterocycles. The van der Waals surface area contributed by atoms with Gasteiger partial charge in [0.1, 0.15) is 5.82 Å². The maximum Gasteiger partial charge on any atom is 0.254 e. The summed E-state index contributed by atoms with van der Waals surface area (Å²) in [5.41, 5.74) is 8.20. The molecule has 5 N–H and O–H groups in total. The highest BCUT2D eigenvalue weighted by Gasteiger charge is 2.23. The molecule has 2 aliphatic rings. The first-order valence-electron chi connectivity index (χ1n) is 10.4. The van der Waals surface area contributed by atoms with Gasteiger partial charge in [-0.3, -0.25) is 9.78 Å². The molecule has 2 aromatic heterocycles. The molecule has 3 atom stereocenters. The van der Waals surface area contributed by atoms with Crippen molar-refractivity contribution in [2.24, 2.45) is 5.73 Å². The number of nitrogens with zero attached hydrogens (tertiary/aromatic N) is 3. The number of nitrogens with one attached hydrogen (secondary N) is 2. The van der Waals surface area contributed by atoms with Gasteiger partial charge >= 0.3 is 0 Å². The molecule has 29 heavy (non-hydrogen) atoms. The number of pyridine rings is 1. The average Bonchev–Trinajstić information content (AvgIpc) is 2.91. The lowest BCUT2D eigenvalue weighted by molar-refractivity contribution is 0.100. The van der Waals surface area contributed by atoms with Crippen LogP contribution in [0.1, 0.15) is 60.1 Å². The van der Waals surface area contributed by atoms with Crippen LogP contribution in [0.15, 0.2) is 24.5 Å². The number of aliphatic hydroxyl groups excluding tert-OH is 1. The number of hydrogen-bond donors (Lipinski definition) is 4. The Morgan fingerprint density at radius 1 is 1.14 bits per heavy atom. The number of aromatic nitrogens is 3. The number of primary amides is 1. The van der Waals surface area contributed by atoms with Gasteiger partial charge < -0.3 is 21.5 Å². The molecule has 1 unspecified atom stereocenters. The number of carbonyl (C=O) groups excluding carboxylic acids is 1. The largest absolute Gasteiger partial charge is 0.393 e. The number of fused-ring (bicyclic) bond motifs is 1. The molecule has 154 valence electrons. The predicted octanol–water partition coefficient (Wildman–Crippen LogP) is 2.05. The predicted molar refractivity (Wildman–Crippen MR) is 111 cm³/mol. The standard InChI is InChI=1S/C21H28N6O2/c22-19(29)17-12-24-21(26-15-7-8-18-13(10-15)4-3-9-23-18)27-20(17)25-14-5-1-2-6-16(28)11-14/h3-4,9,12,14-16,28H,1-2,5-8,10-11H2,(H2,22,29)(H2,24,25,26,27)/t14-,15+,16?/m1/s1. The van der Waals surface area contributed by atoms with Crippen LogP contribution in [0.4, 0.5) is 11.8 Å². The Hall–Kier alpha value is -2.74. The first kappa shape index (κ1) is 19.6. The lowest BCUT2D eigenvalue weighted by atomic mass is 9.92. The Kier molecular flexibility index (Phi) is 5.89. The van der Waals surface area contributed by atoms with Crippen LogP contribution in [-0.2, 0) is 12.8 Å². The Labute approximate surface area is 170 Å². The molecule has 0 radical (unpaired) electrons. The smallest absolute Gasteiger partial charge is 0.254 e. The maximum absolute atomic E-state index is 11.9. The number of nitrogens with two attached hydrogens (primary N) is 1. The summed E-state index contributed by atoms with van der Waals surface area (Å²) >= 11 is 0. The van der Waals surface area contributed by atoms with Crippen LogP contribution in [0.3, 0.4) is 0 Å². The minimum absolute atomic E-state index is 0.0565. The van der Waals surface area contributed by atoms with Crippen molar-refractivity contribution in [3.05, 3.63) is 41.3 Å². The van der Waals surface area contributed by atoms with Crippen molar-refractivity contribution in [1.29, 1.82) is 0 Å². The van der Waals surface area contributed by atoms with Gasteiger partial charge in [0.25, 0.3) is 5.91 Å². The number of aryl methyl sites for hydroxylation is 1. The Bertz CT molecular complexity index is 874. The Morgan fingerprint density at radius 3 is 2.86 bits per heavy atom. The summed E-state index contributed by atoms with van der Waals surface area (Å²) in [6, 6.07) is 4.33. The van der Waals surface area contributed by atoms with Crippen LogP contribution in [0.2, 0.25) is 0 Å². The van der Waals surface area contributed by atoms with Crippen molar-refractivity contribution in [1.82, 2.24) is 15.0 Å². The summed E-state index contributed by atoms with van der Waals surface area (Å²) in [5.74, 6) is 0.349. The van der Waals surface area contributed by atoms with E-state index in [1.165, 1.54) is 11.8 Å². The van der Waals surface area contributed by atoms with Gasteiger partial charge in [0.2, 0.25) is 5.95 Å². The third-order valence-corrected chi connectivity index (χ3v) is 5.81. The number of anilines is 2. The van der Waals surface area contributed by atoms with Crippen molar-refractivity contribution in [3.63, 3.8) is 0 Å². The van der Waals surface area contributed by atoms with E-state index >= 15 is 0 Å². The van der Waals surface area contributed by atoms with E-state index in [4.69, 9.17) is 5.73 Å². The Balaban J connectivity index is 1.50. The molecule has 1 amide bonds. The van der Waals surface area contributed by atoms with E-state index in [0.29, 0.717) is 18.2 Å². The van der Waals surface area contributed by atoms with Gasteiger partial charge in [0.05, 0.1) is 11.7 Å². The topological polar surface area (TPSA) is 126 Å². The highest BCUT2D eigenvalue weighted by Crippen LogP contribution is 2.25. The second-order valence-corrected chi connectivity index (χ2v) is 8.03. The van der Waals surface area contributed by atoms with Crippen LogP contribution < -0.4 is 16.4 Å². The molecule has 0 spiro atoms. The molecule has 8 nitrogen and oxygen atoms in total. The van der Waals surface area contributed by atoms with Crippen LogP contribution >= 0.6 is 0 Å². The van der Waals surface area contributed by atoms with Crippen molar-refractivity contribution < 1.29 is 9.90 Å². The van der Waals surface area contributed by atoms with Gasteiger partial charge in [0, 0.05) is 30.2 Å². The second kappa shape index (κ2) is 8.73. The summed E-state index contributed by atoms with van der Waals surface area (Å²) in [6.07, 6.45) is 10.1.